The van der Waals surface area contributed by atoms with E-state index in [-0.39, 0.29) is 0 Å². The predicted octanol–water partition coefficient (Wildman–Crippen LogP) is 3.20. The number of nitrogens with one attached hydrogen (secondary N) is 1. The van der Waals surface area contributed by atoms with E-state index in [1.165, 1.54) is 0 Å². The number of hydrogen-bond donors (Lipinski definition) is 1. The van der Waals surface area contributed by atoms with Gasteiger partial charge in [0.1, 0.15) is 11.5 Å². The van der Waals surface area contributed by atoms with Crippen LogP contribution in [0.4, 0.5) is 5.69 Å². The molecule has 1 aliphatic heterocycles. The van der Waals surface area contributed by atoms with Gasteiger partial charge in [-0.05, 0) is 24.8 Å². The topological polar surface area (TPSA) is 39.7 Å². The van der Waals surface area contributed by atoms with E-state index < -0.39 is 0 Å². The fraction of sp³-hybridized carbons (Fsp3) is 0.571. The Bertz CT molecular complexity index is 419. The van der Waals surface area contributed by atoms with Crippen molar-refractivity contribution >= 4 is 17.3 Å². The number of hydrogen-bond acceptors (Lipinski definition) is 4. The molecule has 2 rings (SSSR count). The standard InChI is InChI=1S/C14H20ClNO3/c1-17-13-8-14(18-2)12(7-11(13)15)16-9-10-3-5-19-6-4-10/h7-8,10,16H,3-6,9H2,1-2H3. The summed E-state index contributed by atoms with van der Waals surface area (Å²) in [6, 6.07) is 3.65. The second kappa shape index (κ2) is 6.87. The van der Waals surface area contributed by atoms with Crippen LogP contribution < -0.4 is 14.8 Å². The fourth-order valence-electron chi connectivity index (χ4n) is 2.20. The van der Waals surface area contributed by atoms with E-state index in [4.69, 9.17) is 25.8 Å². The van der Waals surface area contributed by atoms with Crippen molar-refractivity contribution in [2.45, 2.75) is 12.8 Å². The highest BCUT2D eigenvalue weighted by atomic mass is 35.5. The molecular weight excluding hydrogens is 266 g/mol. The summed E-state index contributed by atoms with van der Waals surface area (Å²) in [5.74, 6) is 2.00. The number of rotatable bonds is 5. The first-order valence-corrected chi connectivity index (χ1v) is 6.85. The lowest BCUT2D eigenvalue weighted by molar-refractivity contribution is 0.0699. The van der Waals surface area contributed by atoms with Gasteiger partial charge in [0.15, 0.2) is 0 Å². The van der Waals surface area contributed by atoms with Gasteiger partial charge in [0.05, 0.1) is 24.9 Å². The molecule has 1 N–H and O–H groups in total. The van der Waals surface area contributed by atoms with Gasteiger partial charge < -0.3 is 19.5 Å². The minimum atomic E-state index is 0.581. The third kappa shape index (κ3) is 3.67. The first kappa shape index (κ1) is 14.3. The van der Waals surface area contributed by atoms with E-state index in [1.54, 1.807) is 20.3 Å². The van der Waals surface area contributed by atoms with Gasteiger partial charge in [-0.1, -0.05) is 11.6 Å². The molecule has 1 aromatic carbocycles. The number of halogens is 1. The molecule has 4 nitrogen and oxygen atoms in total. The van der Waals surface area contributed by atoms with Crippen LogP contribution in [0.5, 0.6) is 11.5 Å². The van der Waals surface area contributed by atoms with Gasteiger partial charge in [-0.2, -0.15) is 0 Å². The van der Waals surface area contributed by atoms with Crippen molar-refractivity contribution in [3.05, 3.63) is 17.2 Å². The molecule has 1 aromatic rings. The number of ether oxygens (including phenoxy) is 3. The Balaban J connectivity index is 2.04. The van der Waals surface area contributed by atoms with Crippen molar-refractivity contribution in [2.24, 2.45) is 5.92 Å². The van der Waals surface area contributed by atoms with Gasteiger partial charge in [0.2, 0.25) is 0 Å². The monoisotopic (exact) mass is 285 g/mol. The first-order chi connectivity index (χ1) is 9.24. The second-order valence-electron chi connectivity index (χ2n) is 4.62. The van der Waals surface area contributed by atoms with Gasteiger partial charge in [-0.25, -0.2) is 0 Å². The molecule has 1 aliphatic rings. The van der Waals surface area contributed by atoms with Crippen LogP contribution in [0.2, 0.25) is 5.02 Å². The summed E-state index contributed by atoms with van der Waals surface area (Å²) in [6.07, 6.45) is 2.19. The van der Waals surface area contributed by atoms with Crippen molar-refractivity contribution in [3.8, 4) is 11.5 Å². The molecule has 0 atom stereocenters. The Kier molecular flexibility index (Phi) is 5.16. The molecular formula is C14H20ClNO3. The molecule has 106 valence electrons. The predicted molar refractivity (Wildman–Crippen MR) is 76.6 cm³/mol. The van der Waals surface area contributed by atoms with Gasteiger partial charge in [0.25, 0.3) is 0 Å². The van der Waals surface area contributed by atoms with Crippen LogP contribution in [0.25, 0.3) is 0 Å². The SMILES string of the molecule is COc1cc(OC)c(NCC2CCOCC2)cc1Cl. The summed E-state index contributed by atoms with van der Waals surface area (Å²) >= 11 is 6.14. The Labute approximate surface area is 119 Å². The zero-order valence-corrected chi connectivity index (χ0v) is 12.1. The van der Waals surface area contributed by atoms with Crippen LogP contribution >= 0.6 is 11.6 Å². The van der Waals surface area contributed by atoms with Crippen LogP contribution in [0, 0.1) is 5.92 Å². The zero-order valence-electron chi connectivity index (χ0n) is 11.4. The van der Waals surface area contributed by atoms with Crippen LogP contribution in [0.15, 0.2) is 12.1 Å². The number of anilines is 1. The molecule has 19 heavy (non-hydrogen) atoms. The van der Waals surface area contributed by atoms with E-state index in [2.05, 4.69) is 5.32 Å². The summed E-state index contributed by atoms with van der Waals surface area (Å²) in [4.78, 5) is 0. The van der Waals surface area contributed by atoms with E-state index >= 15 is 0 Å². The fourth-order valence-corrected chi connectivity index (χ4v) is 2.44. The third-order valence-electron chi connectivity index (χ3n) is 3.40. The largest absolute Gasteiger partial charge is 0.495 e. The molecule has 1 fully saturated rings. The van der Waals surface area contributed by atoms with Crippen LogP contribution in [0.1, 0.15) is 12.8 Å². The van der Waals surface area contributed by atoms with Gasteiger partial charge in [-0.3, -0.25) is 0 Å². The Morgan fingerprint density at radius 3 is 2.53 bits per heavy atom. The molecule has 1 saturated heterocycles. The molecule has 0 amide bonds. The molecule has 0 radical (unpaired) electrons. The lowest BCUT2D eigenvalue weighted by Gasteiger charge is -2.23. The zero-order chi connectivity index (χ0) is 13.7. The highest BCUT2D eigenvalue weighted by Crippen LogP contribution is 2.36. The lowest BCUT2D eigenvalue weighted by Crippen LogP contribution is -2.22. The molecule has 0 bridgehead atoms. The van der Waals surface area contributed by atoms with Crippen molar-refractivity contribution in [1.29, 1.82) is 0 Å². The molecule has 0 unspecified atom stereocenters. The third-order valence-corrected chi connectivity index (χ3v) is 3.69. The van der Waals surface area contributed by atoms with Crippen LogP contribution in [0.3, 0.4) is 0 Å². The van der Waals surface area contributed by atoms with Crippen molar-refractivity contribution in [1.82, 2.24) is 0 Å². The van der Waals surface area contributed by atoms with Crippen LogP contribution in [-0.4, -0.2) is 34.0 Å². The van der Waals surface area contributed by atoms with E-state index in [0.717, 1.165) is 44.0 Å². The summed E-state index contributed by atoms with van der Waals surface area (Å²) in [5.41, 5.74) is 0.903. The average molecular weight is 286 g/mol. The molecule has 0 spiro atoms. The van der Waals surface area contributed by atoms with E-state index in [9.17, 15) is 0 Å². The molecule has 1 heterocycles. The van der Waals surface area contributed by atoms with Gasteiger partial charge >= 0.3 is 0 Å². The smallest absolute Gasteiger partial charge is 0.145 e. The Hall–Kier alpha value is -1.13. The molecule has 0 aromatic heterocycles. The maximum Gasteiger partial charge on any atom is 0.145 e. The lowest BCUT2D eigenvalue weighted by atomic mass is 10.0. The molecule has 0 aliphatic carbocycles. The van der Waals surface area contributed by atoms with E-state index in [1.807, 2.05) is 6.07 Å². The number of benzene rings is 1. The normalized spacial score (nSPS) is 16.2. The highest BCUT2D eigenvalue weighted by molar-refractivity contribution is 6.32. The van der Waals surface area contributed by atoms with Gasteiger partial charge in [-0.15, -0.1) is 0 Å². The van der Waals surface area contributed by atoms with Crippen molar-refractivity contribution in [2.75, 3.05) is 39.3 Å². The average Bonchev–Trinajstić information content (AvgIpc) is 2.46. The van der Waals surface area contributed by atoms with Crippen LogP contribution in [-0.2, 0) is 4.74 Å². The summed E-state index contributed by atoms with van der Waals surface area (Å²) < 4.78 is 15.9. The second-order valence-corrected chi connectivity index (χ2v) is 5.03. The summed E-state index contributed by atoms with van der Waals surface area (Å²) in [6.45, 7) is 2.61. The molecule has 0 saturated carbocycles. The van der Waals surface area contributed by atoms with Gasteiger partial charge in [0, 0.05) is 25.8 Å². The quantitative estimate of drug-likeness (QED) is 0.902. The Morgan fingerprint density at radius 2 is 1.89 bits per heavy atom. The number of methoxy groups -OCH3 is 2. The maximum absolute atomic E-state index is 6.14. The minimum Gasteiger partial charge on any atom is -0.495 e. The molecule has 5 heteroatoms. The van der Waals surface area contributed by atoms with Crippen molar-refractivity contribution < 1.29 is 14.2 Å². The Morgan fingerprint density at radius 1 is 1.21 bits per heavy atom. The first-order valence-electron chi connectivity index (χ1n) is 6.47. The summed E-state index contributed by atoms with van der Waals surface area (Å²) in [7, 11) is 3.23. The van der Waals surface area contributed by atoms with Crippen molar-refractivity contribution in [3.63, 3.8) is 0 Å². The summed E-state index contributed by atoms with van der Waals surface area (Å²) in [5, 5.41) is 3.99. The minimum absolute atomic E-state index is 0.581. The maximum atomic E-state index is 6.14. The highest BCUT2D eigenvalue weighted by Gasteiger charge is 2.15. The van der Waals surface area contributed by atoms with E-state index in [0.29, 0.717) is 16.7 Å².